The third kappa shape index (κ3) is 7.07. The Morgan fingerprint density at radius 1 is 0.542 bits per heavy atom. The molecule has 2 aliphatic heterocycles. The van der Waals surface area contributed by atoms with Gasteiger partial charge in [-0.2, -0.15) is 0 Å². The standard InChI is InChI=1S/C36H38N4O8/c1-17-21(5-9-33(41)42)29-14-26-19(3)23(7-11-35(45)46)31(39-26)16-28-20(4)24(8-12-36(47)48)32(40-28)15-27-18(2)22(6-10-34(43)44)30(38-27)13-25(17)37-29/h13-16,37-38H,5-12H2,1-4H3,(H,41,42)(H,43,44)(H,45,46)(H,47,48)/i9D2,10D2,11D2,12D2. The topological polar surface area (TPSA) is 207 Å². The molecule has 0 aliphatic carbocycles. The predicted molar refractivity (Wildman–Crippen MR) is 181 cm³/mol. The summed E-state index contributed by atoms with van der Waals surface area (Å²) in [6.07, 6.45) is -13.6. The maximum Gasteiger partial charge on any atom is 0.303 e. The van der Waals surface area contributed by atoms with Gasteiger partial charge in [0.25, 0.3) is 0 Å². The summed E-state index contributed by atoms with van der Waals surface area (Å²) in [6, 6.07) is 5.90. The molecule has 250 valence electrons. The molecule has 5 heterocycles. The van der Waals surface area contributed by atoms with Crippen LogP contribution in [0.5, 0.6) is 0 Å². The van der Waals surface area contributed by atoms with Gasteiger partial charge >= 0.3 is 23.9 Å². The highest BCUT2D eigenvalue weighted by molar-refractivity contribution is 5.96. The second-order valence-electron chi connectivity index (χ2n) is 11.3. The van der Waals surface area contributed by atoms with E-state index in [1.54, 1.807) is 27.7 Å². The van der Waals surface area contributed by atoms with E-state index in [2.05, 4.69) is 19.9 Å². The first-order chi connectivity index (χ1) is 25.7. The number of nitrogens with one attached hydrogen (secondary N) is 2. The Morgan fingerprint density at radius 2 is 0.896 bits per heavy atom. The van der Waals surface area contributed by atoms with Crippen molar-refractivity contribution in [3.63, 3.8) is 0 Å². The molecular weight excluding hydrogens is 616 g/mol. The molecule has 0 unspecified atom stereocenters. The summed E-state index contributed by atoms with van der Waals surface area (Å²) in [5.41, 5.74) is 3.70. The molecule has 3 aromatic heterocycles. The van der Waals surface area contributed by atoms with Gasteiger partial charge in [-0.1, -0.05) is 0 Å². The number of carboxylic acid groups (broad SMARTS) is 4. The minimum atomic E-state index is -2.76. The predicted octanol–water partition coefficient (Wildman–Crippen LogP) is 6.56. The molecule has 0 aromatic carbocycles. The first-order valence-corrected chi connectivity index (χ1v) is 14.7. The van der Waals surface area contributed by atoms with Crippen molar-refractivity contribution < 1.29 is 50.6 Å². The van der Waals surface area contributed by atoms with Crippen LogP contribution in [0, 0.1) is 13.8 Å². The summed E-state index contributed by atoms with van der Waals surface area (Å²) < 4.78 is 65.7. The lowest BCUT2D eigenvalue weighted by Gasteiger charge is -2.04. The van der Waals surface area contributed by atoms with Crippen LogP contribution in [0.3, 0.4) is 0 Å². The Hall–Kier alpha value is -5.52. The van der Waals surface area contributed by atoms with Crippen LogP contribution in [0.4, 0.5) is 0 Å². The molecule has 0 saturated heterocycles. The Labute approximate surface area is 287 Å². The summed E-state index contributed by atoms with van der Waals surface area (Å²) in [7, 11) is 0. The van der Waals surface area contributed by atoms with Crippen LogP contribution >= 0.6 is 0 Å². The molecule has 48 heavy (non-hydrogen) atoms. The first kappa shape index (κ1) is 24.6. The van der Waals surface area contributed by atoms with Crippen LogP contribution in [-0.4, -0.2) is 64.2 Å². The van der Waals surface area contributed by atoms with E-state index in [9.17, 15) is 39.6 Å². The number of hydrogen-bond donors (Lipinski definition) is 6. The van der Waals surface area contributed by atoms with Gasteiger partial charge in [0.2, 0.25) is 0 Å². The smallest absolute Gasteiger partial charge is 0.303 e. The lowest BCUT2D eigenvalue weighted by atomic mass is 9.98. The van der Waals surface area contributed by atoms with E-state index >= 15 is 0 Å². The SMILES string of the molecule is [2H]C([2H])(CC1=C(C)c2cc3[nH]c(cc4[nH]c(cc5nc(cc1n2)C(C)=C5CC([2H])([2H])C(=O)O)c(C)c4CC([2H])([2H])C(=O)O)c(C)c3CC([2H])([2H])C(=O)O)C(=O)O. The van der Waals surface area contributed by atoms with Crippen LogP contribution in [0.1, 0.15) is 108 Å². The van der Waals surface area contributed by atoms with E-state index in [0.717, 1.165) is 0 Å². The number of hydrogen-bond acceptors (Lipinski definition) is 6. The highest BCUT2D eigenvalue weighted by Crippen LogP contribution is 2.38. The van der Waals surface area contributed by atoms with Gasteiger partial charge in [0, 0.05) is 58.5 Å². The van der Waals surface area contributed by atoms with Gasteiger partial charge in [-0.25, -0.2) is 9.97 Å². The van der Waals surface area contributed by atoms with Crippen LogP contribution in [0.2, 0.25) is 0 Å². The Balaban J connectivity index is 2.00. The normalized spacial score (nSPS) is 16.6. The van der Waals surface area contributed by atoms with Crippen molar-refractivity contribution in [1.29, 1.82) is 0 Å². The van der Waals surface area contributed by atoms with E-state index in [-0.39, 0.29) is 61.6 Å². The Kier molecular flexibility index (Phi) is 7.02. The summed E-state index contributed by atoms with van der Waals surface area (Å²) in [4.78, 5) is 63.4. The molecule has 12 nitrogen and oxygen atoms in total. The molecule has 6 N–H and O–H groups in total. The number of allylic oxidation sites excluding steroid dienone is 4. The molecule has 12 heteroatoms. The first-order valence-electron chi connectivity index (χ1n) is 18.7. The van der Waals surface area contributed by atoms with E-state index in [4.69, 9.17) is 11.0 Å². The average Bonchev–Trinajstić information content (AvgIpc) is 3.72. The summed E-state index contributed by atoms with van der Waals surface area (Å²) in [5, 5.41) is 38.7. The van der Waals surface area contributed by atoms with Gasteiger partial charge in [-0.3, -0.25) is 19.2 Å². The van der Waals surface area contributed by atoms with Crippen molar-refractivity contribution >= 4 is 68.2 Å². The number of aryl methyl sites for hydroxylation is 4. The number of aromatic nitrogens is 4. The molecule has 0 saturated carbocycles. The Bertz CT molecular complexity index is 2460. The second kappa shape index (κ2) is 13.7. The van der Waals surface area contributed by atoms with E-state index in [0.29, 0.717) is 27.8 Å². The summed E-state index contributed by atoms with van der Waals surface area (Å²) in [5.74, 6) is -6.92. The van der Waals surface area contributed by atoms with E-state index in [1.807, 2.05) is 0 Å². The highest BCUT2D eigenvalue weighted by Gasteiger charge is 2.23. The lowest BCUT2D eigenvalue weighted by molar-refractivity contribution is -0.138. The number of aromatic amines is 2. The van der Waals surface area contributed by atoms with Crippen molar-refractivity contribution in [3.8, 4) is 0 Å². The number of nitrogens with zero attached hydrogens (tertiary/aromatic N) is 2. The van der Waals surface area contributed by atoms with Crippen LogP contribution in [-0.2, 0) is 32.0 Å². The van der Waals surface area contributed by atoms with Crippen molar-refractivity contribution in [2.75, 3.05) is 0 Å². The molecular formula is C36H38N4O8. The van der Waals surface area contributed by atoms with Gasteiger partial charge in [-0.15, -0.1) is 0 Å². The fourth-order valence-electron chi connectivity index (χ4n) is 5.77. The zero-order valence-corrected chi connectivity index (χ0v) is 26.5. The average molecular weight is 663 g/mol. The molecule has 0 fully saturated rings. The van der Waals surface area contributed by atoms with E-state index < -0.39 is 75.1 Å². The third-order valence-corrected chi connectivity index (χ3v) is 8.47. The van der Waals surface area contributed by atoms with Crippen LogP contribution < -0.4 is 0 Å². The molecule has 0 spiro atoms. The zero-order valence-electron chi connectivity index (χ0n) is 34.5. The van der Waals surface area contributed by atoms with Crippen molar-refractivity contribution in [1.82, 2.24) is 19.9 Å². The van der Waals surface area contributed by atoms with Crippen LogP contribution in [0.25, 0.3) is 44.4 Å². The number of H-pyrrole nitrogens is 2. The minimum Gasteiger partial charge on any atom is -0.481 e. The van der Waals surface area contributed by atoms with Crippen LogP contribution in [0.15, 0.2) is 24.3 Å². The monoisotopic (exact) mass is 662 g/mol. The molecule has 8 bridgehead atoms. The maximum atomic E-state index is 11.9. The quantitative estimate of drug-likeness (QED) is 0.123. The lowest BCUT2D eigenvalue weighted by Crippen LogP contribution is -1.98. The second-order valence-corrected chi connectivity index (χ2v) is 11.3. The number of carboxylic acids is 4. The zero-order chi connectivity index (χ0) is 42.0. The number of rotatable bonds is 12. The molecule has 0 radical (unpaired) electrons. The van der Waals surface area contributed by atoms with Gasteiger partial charge in [0.15, 0.2) is 0 Å². The highest BCUT2D eigenvalue weighted by atomic mass is 16.4. The van der Waals surface area contributed by atoms with E-state index in [1.165, 1.54) is 24.3 Å². The van der Waals surface area contributed by atoms with Gasteiger partial charge < -0.3 is 30.4 Å². The van der Waals surface area contributed by atoms with Crippen molar-refractivity contribution in [2.45, 2.75) is 78.9 Å². The maximum absolute atomic E-state index is 11.9. The van der Waals surface area contributed by atoms with Crippen molar-refractivity contribution in [2.24, 2.45) is 0 Å². The molecule has 0 atom stereocenters. The van der Waals surface area contributed by atoms with Gasteiger partial charge in [0.05, 0.1) is 22.8 Å². The summed E-state index contributed by atoms with van der Waals surface area (Å²) >= 11 is 0. The molecule has 5 rings (SSSR count). The molecule has 3 aromatic rings. The van der Waals surface area contributed by atoms with Crippen molar-refractivity contribution in [3.05, 3.63) is 69.3 Å². The van der Waals surface area contributed by atoms with Gasteiger partial charge in [0.1, 0.15) is 0 Å². The van der Waals surface area contributed by atoms with Gasteiger partial charge in [-0.05, 0) is 122 Å². The fourth-order valence-corrected chi connectivity index (χ4v) is 5.77. The number of fused-ring (bicyclic) bond motifs is 8. The Morgan fingerprint density at radius 3 is 1.35 bits per heavy atom. The fraction of sp³-hybridized carbons (Fsp3) is 0.333. The number of carbonyl (C=O) groups is 4. The summed E-state index contributed by atoms with van der Waals surface area (Å²) in [6.45, 7) is 6.32. The largest absolute Gasteiger partial charge is 0.481 e. The molecule has 0 amide bonds. The number of aliphatic carboxylic acids is 4. The molecule has 2 aliphatic rings. The minimum absolute atomic E-state index is 0.0833. The third-order valence-electron chi connectivity index (χ3n) is 8.47.